The summed E-state index contributed by atoms with van der Waals surface area (Å²) in [7, 11) is -3.84. The summed E-state index contributed by atoms with van der Waals surface area (Å²) >= 11 is 0. The summed E-state index contributed by atoms with van der Waals surface area (Å²) in [5.41, 5.74) is 1.37. The topological polar surface area (TPSA) is 98.0 Å². The zero-order valence-electron chi connectivity index (χ0n) is 11.9. The van der Waals surface area contributed by atoms with Crippen LogP contribution in [0.2, 0.25) is 0 Å². The van der Waals surface area contributed by atoms with Gasteiger partial charge in [0.2, 0.25) is 16.0 Å². The van der Waals surface area contributed by atoms with Crippen LogP contribution >= 0.6 is 0 Å². The number of hydrogen-bond donors (Lipinski definition) is 2. The Morgan fingerprint density at radius 2 is 1.91 bits per heavy atom. The van der Waals surface area contributed by atoms with E-state index in [1.165, 1.54) is 6.42 Å². The van der Waals surface area contributed by atoms with E-state index in [1.54, 1.807) is 12.4 Å². The number of anilines is 1. The van der Waals surface area contributed by atoms with E-state index in [1.807, 2.05) is 0 Å². The number of allylic oxidation sites excluding steroid dienone is 4. The van der Waals surface area contributed by atoms with Crippen molar-refractivity contribution in [2.24, 2.45) is 5.14 Å². The molecule has 1 saturated carbocycles. The van der Waals surface area contributed by atoms with Gasteiger partial charge in [-0.05, 0) is 43.2 Å². The normalized spacial score (nSPS) is 19.6. The van der Waals surface area contributed by atoms with Crippen LogP contribution in [0.5, 0.6) is 0 Å². The lowest BCUT2D eigenvalue weighted by Crippen LogP contribution is -2.18. The molecule has 0 saturated heterocycles. The summed E-state index contributed by atoms with van der Waals surface area (Å²) in [5, 5.41) is 7.81. The first-order valence-corrected chi connectivity index (χ1v) is 8.69. The van der Waals surface area contributed by atoms with Gasteiger partial charge in [0.15, 0.2) is 0 Å². The summed E-state index contributed by atoms with van der Waals surface area (Å²) in [4.78, 5) is 8.28. The molecule has 1 aromatic rings. The van der Waals surface area contributed by atoms with Gasteiger partial charge in [0.25, 0.3) is 0 Å². The van der Waals surface area contributed by atoms with Crippen molar-refractivity contribution in [3.8, 4) is 0 Å². The molecule has 0 amide bonds. The highest BCUT2D eigenvalue weighted by Crippen LogP contribution is 2.35. The monoisotopic (exact) mass is 324 g/mol. The minimum atomic E-state index is -3.84. The van der Waals surface area contributed by atoms with E-state index < -0.39 is 15.9 Å². The second-order valence-corrected chi connectivity index (χ2v) is 7.19. The zero-order valence-corrected chi connectivity index (χ0v) is 12.7. The minimum absolute atomic E-state index is 0.100. The molecule has 8 heteroatoms. The molecule has 1 fully saturated rings. The Morgan fingerprint density at radius 1 is 1.23 bits per heavy atom. The van der Waals surface area contributed by atoms with Crippen LogP contribution in [-0.2, 0) is 10.0 Å². The van der Waals surface area contributed by atoms with Crippen molar-refractivity contribution in [1.29, 1.82) is 0 Å². The van der Waals surface area contributed by atoms with E-state index in [9.17, 15) is 12.8 Å². The van der Waals surface area contributed by atoms with Gasteiger partial charge >= 0.3 is 0 Å². The summed E-state index contributed by atoms with van der Waals surface area (Å²) in [5.74, 6) is 0.197. The molecular formula is C14H17FN4O2S. The number of nitrogens with two attached hydrogens (primary N) is 1. The van der Waals surface area contributed by atoms with E-state index >= 15 is 0 Å². The van der Waals surface area contributed by atoms with Crippen molar-refractivity contribution in [2.75, 3.05) is 5.32 Å². The molecule has 6 nitrogen and oxygen atoms in total. The molecule has 3 N–H and O–H groups in total. The zero-order chi connectivity index (χ0) is 15.7. The smallest absolute Gasteiger partial charge is 0.234 e. The van der Waals surface area contributed by atoms with Crippen LogP contribution in [0.15, 0.2) is 34.9 Å². The van der Waals surface area contributed by atoms with Crippen molar-refractivity contribution in [2.45, 2.75) is 38.0 Å². The van der Waals surface area contributed by atoms with Crippen LogP contribution in [0.1, 0.15) is 43.6 Å². The van der Waals surface area contributed by atoms with Crippen molar-refractivity contribution in [3.05, 3.63) is 40.5 Å². The maximum atomic E-state index is 14.0. The van der Waals surface area contributed by atoms with Gasteiger partial charge in [-0.2, -0.15) is 0 Å². The van der Waals surface area contributed by atoms with Gasteiger partial charge in [-0.15, -0.1) is 0 Å². The average Bonchev–Trinajstić information content (AvgIpc) is 2.40. The Labute approximate surface area is 128 Å². The molecule has 3 rings (SSSR count). The molecule has 0 aromatic carbocycles. The Hall–Kier alpha value is -1.80. The average molecular weight is 324 g/mol. The third-order valence-electron chi connectivity index (χ3n) is 4.07. The van der Waals surface area contributed by atoms with Crippen LogP contribution in [0.25, 0.3) is 0 Å². The first kappa shape index (κ1) is 15.1. The standard InChI is InChI=1S/C14H17FN4O2S/c15-12-6-11(22(16,20)21)4-5-13(12)19-14-17-7-10(8-18-14)9-2-1-3-9/h6-9H,1-5H2,(H2,16,20,21)(H,17,18,19). The van der Waals surface area contributed by atoms with Crippen LogP contribution in [0.4, 0.5) is 10.3 Å². The Kier molecular flexibility index (Phi) is 3.96. The Morgan fingerprint density at radius 3 is 2.41 bits per heavy atom. The summed E-state index contributed by atoms with van der Waals surface area (Å²) in [6, 6.07) is 0. The van der Waals surface area contributed by atoms with Crippen molar-refractivity contribution in [1.82, 2.24) is 9.97 Å². The number of nitrogens with one attached hydrogen (secondary N) is 1. The number of halogens is 1. The van der Waals surface area contributed by atoms with Gasteiger partial charge in [0, 0.05) is 12.4 Å². The van der Waals surface area contributed by atoms with Gasteiger partial charge < -0.3 is 5.32 Å². The molecule has 0 aliphatic heterocycles. The third kappa shape index (κ3) is 3.17. The molecule has 22 heavy (non-hydrogen) atoms. The predicted octanol–water partition coefficient (Wildman–Crippen LogP) is 2.30. The molecule has 2 aliphatic rings. The minimum Gasteiger partial charge on any atom is -0.325 e. The highest BCUT2D eigenvalue weighted by Gasteiger charge is 2.22. The van der Waals surface area contributed by atoms with Gasteiger partial charge in [-0.1, -0.05) is 6.42 Å². The molecule has 0 radical (unpaired) electrons. The van der Waals surface area contributed by atoms with Crippen LogP contribution in [-0.4, -0.2) is 18.4 Å². The lowest BCUT2D eigenvalue weighted by Gasteiger charge is -2.25. The lowest BCUT2D eigenvalue weighted by molar-refractivity contribution is 0.418. The molecule has 1 heterocycles. The van der Waals surface area contributed by atoms with Crippen molar-refractivity contribution in [3.63, 3.8) is 0 Å². The van der Waals surface area contributed by atoms with E-state index in [4.69, 9.17) is 5.14 Å². The predicted molar refractivity (Wildman–Crippen MR) is 80.8 cm³/mol. The third-order valence-corrected chi connectivity index (χ3v) is 5.13. The van der Waals surface area contributed by atoms with Crippen LogP contribution < -0.4 is 10.5 Å². The number of primary sulfonamides is 1. The molecular weight excluding hydrogens is 307 g/mol. The maximum Gasteiger partial charge on any atom is 0.234 e. The summed E-state index contributed by atoms with van der Waals surface area (Å²) in [6.45, 7) is 0. The van der Waals surface area contributed by atoms with E-state index in [0.717, 1.165) is 24.5 Å². The number of hydrogen-bond acceptors (Lipinski definition) is 5. The molecule has 0 bridgehead atoms. The van der Waals surface area contributed by atoms with Crippen LogP contribution in [0, 0.1) is 0 Å². The molecule has 0 unspecified atom stereocenters. The van der Waals surface area contributed by atoms with Gasteiger partial charge in [0.1, 0.15) is 5.83 Å². The summed E-state index contributed by atoms with van der Waals surface area (Å²) < 4.78 is 36.4. The fraction of sp³-hybridized carbons (Fsp3) is 0.429. The highest BCUT2D eigenvalue weighted by molar-refractivity contribution is 7.93. The number of sulfonamides is 1. The van der Waals surface area contributed by atoms with E-state index in [0.29, 0.717) is 11.9 Å². The maximum absolute atomic E-state index is 14.0. The molecule has 0 atom stereocenters. The fourth-order valence-electron chi connectivity index (χ4n) is 2.50. The molecule has 1 aromatic heterocycles. The van der Waals surface area contributed by atoms with Crippen LogP contribution in [0.3, 0.4) is 0 Å². The first-order chi connectivity index (χ1) is 10.4. The highest BCUT2D eigenvalue weighted by atomic mass is 32.2. The molecule has 2 aliphatic carbocycles. The van der Waals surface area contributed by atoms with E-state index in [-0.39, 0.29) is 23.4 Å². The molecule has 118 valence electrons. The quantitative estimate of drug-likeness (QED) is 0.885. The van der Waals surface area contributed by atoms with E-state index in [2.05, 4.69) is 15.3 Å². The summed E-state index contributed by atoms with van der Waals surface area (Å²) in [6.07, 6.45) is 8.40. The molecule has 0 spiro atoms. The van der Waals surface area contributed by atoms with Gasteiger partial charge in [0.05, 0.1) is 10.6 Å². The number of rotatable bonds is 4. The first-order valence-electron chi connectivity index (χ1n) is 7.14. The second-order valence-electron chi connectivity index (χ2n) is 5.57. The second kappa shape index (κ2) is 5.77. The Balaban J connectivity index is 1.74. The van der Waals surface area contributed by atoms with Crippen molar-refractivity contribution < 1.29 is 12.8 Å². The van der Waals surface area contributed by atoms with Gasteiger partial charge in [-0.25, -0.2) is 27.9 Å². The van der Waals surface area contributed by atoms with Crippen molar-refractivity contribution >= 4 is 16.0 Å². The van der Waals surface area contributed by atoms with Gasteiger partial charge in [-0.3, -0.25) is 0 Å². The SMILES string of the molecule is NS(=O)(=O)C1=CC(F)=C(Nc2ncc(C3CCC3)cn2)CC1. The number of aromatic nitrogens is 2. The lowest BCUT2D eigenvalue weighted by atomic mass is 9.81. The Bertz CT molecular complexity index is 737. The largest absolute Gasteiger partial charge is 0.325 e. The fourth-order valence-corrected chi connectivity index (χ4v) is 3.16. The number of nitrogens with zero attached hydrogens (tertiary/aromatic N) is 2.